The van der Waals surface area contributed by atoms with Gasteiger partial charge in [0.1, 0.15) is 13.6 Å². The summed E-state index contributed by atoms with van der Waals surface area (Å²) in [7, 11) is 1.98. The van der Waals surface area contributed by atoms with Crippen molar-refractivity contribution >= 4 is 24.9 Å². The summed E-state index contributed by atoms with van der Waals surface area (Å²) in [5, 5.41) is 0.756. The van der Waals surface area contributed by atoms with E-state index in [1.54, 1.807) is 0 Å². The van der Waals surface area contributed by atoms with Crippen LogP contribution in [0.2, 0.25) is 5.02 Å². The fourth-order valence-corrected chi connectivity index (χ4v) is 1.16. The van der Waals surface area contributed by atoms with Gasteiger partial charge in [0.05, 0.1) is 6.61 Å². The lowest BCUT2D eigenvalue weighted by atomic mass is 9.95. The van der Waals surface area contributed by atoms with Gasteiger partial charge in [-0.2, -0.15) is 0 Å². The number of rotatable bonds is 2. The molecule has 1 aromatic rings. The summed E-state index contributed by atoms with van der Waals surface area (Å²) in [6.07, 6.45) is 0. The van der Waals surface area contributed by atoms with Crippen molar-refractivity contribution in [3.63, 3.8) is 0 Å². The minimum atomic E-state index is 0.697. The molecule has 0 radical (unpaired) electrons. The molecule has 0 fully saturated rings. The molecule has 0 spiro atoms. The van der Waals surface area contributed by atoms with E-state index in [2.05, 4.69) is 0 Å². The van der Waals surface area contributed by atoms with Gasteiger partial charge in [-0.05, 0) is 30.6 Å². The summed E-state index contributed by atoms with van der Waals surface area (Å²) in [6.45, 7) is 2.66. The highest BCUT2D eigenvalue weighted by Crippen LogP contribution is 2.12. The van der Waals surface area contributed by atoms with Crippen LogP contribution in [0.15, 0.2) is 18.2 Å². The molecule has 1 aromatic carbocycles. The van der Waals surface area contributed by atoms with Crippen LogP contribution in [0.4, 0.5) is 0 Å². The Morgan fingerprint density at radius 2 is 2.27 bits per heavy atom. The van der Waals surface area contributed by atoms with Crippen molar-refractivity contribution in [3.05, 3.63) is 23.2 Å². The fourth-order valence-electron chi connectivity index (χ4n) is 0.930. The van der Waals surface area contributed by atoms with Crippen LogP contribution in [0.5, 0.6) is 5.75 Å². The third-order valence-electron chi connectivity index (χ3n) is 1.44. The molecule has 0 N–H and O–H groups in total. The molecule has 58 valence electrons. The number of halogens is 1. The molecule has 1 rings (SSSR count). The predicted molar refractivity (Wildman–Crippen MR) is 50.8 cm³/mol. The van der Waals surface area contributed by atoms with Gasteiger partial charge in [-0.15, -0.1) is 0 Å². The molecule has 0 aliphatic heterocycles. The lowest BCUT2D eigenvalue weighted by Gasteiger charge is -2.06. The minimum absolute atomic E-state index is 0.697. The first-order valence-corrected chi connectivity index (χ1v) is 4.00. The van der Waals surface area contributed by atoms with Crippen LogP contribution in [0.3, 0.4) is 0 Å². The van der Waals surface area contributed by atoms with E-state index in [0.29, 0.717) is 6.61 Å². The molecule has 0 atom stereocenters. The molecule has 3 heteroatoms. The summed E-state index contributed by atoms with van der Waals surface area (Å²) in [4.78, 5) is 0. The lowest BCUT2D eigenvalue weighted by molar-refractivity contribution is 0.343. The van der Waals surface area contributed by atoms with E-state index in [9.17, 15) is 0 Å². The zero-order chi connectivity index (χ0) is 8.27. The average molecular weight is 168 g/mol. The highest BCUT2D eigenvalue weighted by molar-refractivity contribution is 6.37. The highest BCUT2D eigenvalue weighted by Gasteiger charge is 1.97. The second-order valence-electron chi connectivity index (χ2n) is 2.34. The predicted octanol–water partition coefficient (Wildman–Crippen LogP) is 0.997. The van der Waals surface area contributed by atoms with Gasteiger partial charge in [0.15, 0.2) is 0 Å². The van der Waals surface area contributed by atoms with Crippen molar-refractivity contribution in [1.82, 2.24) is 0 Å². The van der Waals surface area contributed by atoms with Crippen molar-refractivity contribution in [2.45, 2.75) is 6.92 Å². The number of hydrogen-bond donors (Lipinski definition) is 0. The number of benzene rings is 1. The van der Waals surface area contributed by atoms with E-state index in [1.807, 2.05) is 33.0 Å². The Morgan fingerprint density at radius 1 is 1.55 bits per heavy atom. The van der Waals surface area contributed by atoms with Gasteiger partial charge in [0.25, 0.3) is 0 Å². The smallest absolute Gasteiger partial charge is 0.144 e. The van der Waals surface area contributed by atoms with E-state index >= 15 is 0 Å². The fraction of sp³-hybridized carbons (Fsp3) is 0.250. The summed E-state index contributed by atoms with van der Waals surface area (Å²) >= 11 is 5.76. The Morgan fingerprint density at radius 3 is 2.82 bits per heavy atom. The summed E-state index contributed by atoms with van der Waals surface area (Å²) in [5.74, 6) is 0.914. The maximum absolute atomic E-state index is 5.76. The molecule has 0 unspecified atom stereocenters. The van der Waals surface area contributed by atoms with Crippen molar-refractivity contribution in [2.24, 2.45) is 0 Å². The standard InChI is InChI=1S/C8H10BClO/c1-2-11-8-4-3-6(10)5-7(8)9/h3-5H,2,9H2,1H3. The quantitative estimate of drug-likeness (QED) is 0.599. The molecule has 0 saturated heterocycles. The molecule has 0 aliphatic rings. The van der Waals surface area contributed by atoms with Crippen molar-refractivity contribution in [3.8, 4) is 5.75 Å². The van der Waals surface area contributed by atoms with Gasteiger partial charge in [0.2, 0.25) is 0 Å². The van der Waals surface area contributed by atoms with Gasteiger partial charge >= 0.3 is 0 Å². The van der Waals surface area contributed by atoms with Crippen LogP contribution >= 0.6 is 11.6 Å². The number of hydrogen-bond acceptors (Lipinski definition) is 1. The molecule has 0 aromatic heterocycles. The Bertz CT molecular complexity index is 250. The summed E-state index contributed by atoms with van der Waals surface area (Å²) in [6, 6.07) is 5.62. The third-order valence-corrected chi connectivity index (χ3v) is 1.67. The lowest BCUT2D eigenvalue weighted by Crippen LogP contribution is -2.08. The van der Waals surface area contributed by atoms with Crippen LogP contribution in [0, 0.1) is 0 Å². The van der Waals surface area contributed by atoms with Crippen LogP contribution in [-0.4, -0.2) is 14.5 Å². The Balaban J connectivity index is 2.90. The zero-order valence-corrected chi connectivity index (χ0v) is 7.48. The first-order chi connectivity index (χ1) is 5.24. The van der Waals surface area contributed by atoms with Gasteiger partial charge < -0.3 is 4.74 Å². The van der Waals surface area contributed by atoms with E-state index < -0.39 is 0 Å². The first kappa shape index (κ1) is 8.47. The first-order valence-electron chi connectivity index (χ1n) is 3.63. The third kappa shape index (κ3) is 2.16. The summed E-state index contributed by atoms with van der Waals surface area (Å²) < 4.78 is 5.33. The van der Waals surface area contributed by atoms with Crippen molar-refractivity contribution in [1.29, 1.82) is 0 Å². The van der Waals surface area contributed by atoms with E-state index in [4.69, 9.17) is 16.3 Å². The maximum Gasteiger partial charge on any atom is 0.144 e. The van der Waals surface area contributed by atoms with Crippen molar-refractivity contribution < 1.29 is 4.74 Å². The molecule has 0 heterocycles. The largest absolute Gasteiger partial charge is 0.494 e. The molecule has 0 amide bonds. The minimum Gasteiger partial charge on any atom is -0.494 e. The second-order valence-corrected chi connectivity index (χ2v) is 2.78. The highest BCUT2D eigenvalue weighted by atomic mass is 35.5. The molecule has 0 bridgehead atoms. The van der Waals surface area contributed by atoms with Crippen LogP contribution in [-0.2, 0) is 0 Å². The maximum atomic E-state index is 5.76. The van der Waals surface area contributed by atoms with Crippen LogP contribution < -0.4 is 10.2 Å². The van der Waals surface area contributed by atoms with Gasteiger partial charge in [0, 0.05) is 5.02 Å². The van der Waals surface area contributed by atoms with Crippen molar-refractivity contribution in [2.75, 3.05) is 6.61 Å². The van der Waals surface area contributed by atoms with E-state index in [1.165, 1.54) is 0 Å². The van der Waals surface area contributed by atoms with Crippen LogP contribution in [0.1, 0.15) is 6.92 Å². The molecular weight excluding hydrogens is 158 g/mol. The van der Waals surface area contributed by atoms with Crippen LogP contribution in [0.25, 0.3) is 0 Å². The Kier molecular flexibility index (Phi) is 2.83. The van der Waals surface area contributed by atoms with Gasteiger partial charge in [-0.3, -0.25) is 0 Å². The zero-order valence-electron chi connectivity index (χ0n) is 6.73. The molecule has 0 aliphatic carbocycles. The second kappa shape index (κ2) is 3.68. The Hall–Kier alpha value is -0.625. The molecule has 11 heavy (non-hydrogen) atoms. The topological polar surface area (TPSA) is 9.23 Å². The monoisotopic (exact) mass is 168 g/mol. The normalized spacial score (nSPS) is 9.64. The molecular formula is C8H10BClO. The average Bonchev–Trinajstić information content (AvgIpc) is 1.95. The molecule has 1 nitrogen and oxygen atoms in total. The van der Waals surface area contributed by atoms with Gasteiger partial charge in [-0.25, -0.2) is 0 Å². The van der Waals surface area contributed by atoms with E-state index in [0.717, 1.165) is 16.2 Å². The SMILES string of the molecule is Bc1cc(Cl)ccc1OCC. The molecule has 0 saturated carbocycles. The summed E-state index contributed by atoms with van der Waals surface area (Å²) in [5.41, 5.74) is 1.08. The van der Waals surface area contributed by atoms with E-state index in [-0.39, 0.29) is 0 Å². The van der Waals surface area contributed by atoms with Gasteiger partial charge in [-0.1, -0.05) is 11.6 Å². The Labute approximate surface area is 72.7 Å². The number of ether oxygens (including phenoxy) is 1.